The van der Waals surface area contributed by atoms with E-state index >= 15 is 0 Å². The maximum Gasteiger partial charge on any atom is 0.293 e. The van der Waals surface area contributed by atoms with Gasteiger partial charge >= 0.3 is 0 Å². The van der Waals surface area contributed by atoms with Gasteiger partial charge < -0.3 is 9.30 Å². The zero-order valence-electron chi connectivity index (χ0n) is 16.4. The van der Waals surface area contributed by atoms with Gasteiger partial charge in [0.1, 0.15) is 0 Å². The lowest BCUT2D eigenvalue weighted by molar-refractivity contribution is -0.385. The summed E-state index contributed by atoms with van der Waals surface area (Å²) >= 11 is 0.847. The first-order valence-electron chi connectivity index (χ1n) is 8.96. The van der Waals surface area contributed by atoms with Crippen molar-refractivity contribution in [2.24, 2.45) is 0 Å². The molecule has 1 aliphatic heterocycles. The van der Waals surface area contributed by atoms with Crippen LogP contribution in [-0.2, 0) is 22.6 Å². The standard InChI is InChI=1S/C20H21N3O5S/c1-13-10-16(14(2)21(13)8-9-28-3)11-18-19(24)22(20(25)29-18)12-15-6-4-5-7-17(15)23(26)27/h4-7,10-11H,8-9,12H2,1-3H3/b18-11-. The fourth-order valence-electron chi connectivity index (χ4n) is 3.27. The van der Waals surface area contributed by atoms with Gasteiger partial charge in [-0.2, -0.15) is 0 Å². The number of carbonyl (C=O) groups excluding carboxylic acids is 2. The topological polar surface area (TPSA) is 94.7 Å². The second kappa shape index (κ2) is 8.62. The Hall–Kier alpha value is -2.91. The summed E-state index contributed by atoms with van der Waals surface area (Å²) in [6.45, 7) is 5.06. The summed E-state index contributed by atoms with van der Waals surface area (Å²) < 4.78 is 7.22. The highest BCUT2D eigenvalue weighted by Gasteiger charge is 2.36. The van der Waals surface area contributed by atoms with E-state index in [4.69, 9.17) is 4.74 Å². The predicted octanol–water partition coefficient (Wildman–Crippen LogP) is 3.90. The molecular weight excluding hydrogens is 394 g/mol. The van der Waals surface area contributed by atoms with Crippen LogP contribution < -0.4 is 0 Å². The Labute approximate surface area is 172 Å². The van der Waals surface area contributed by atoms with Crippen LogP contribution in [0.1, 0.15) is 22.5 Å². The molecule has 152 valence electrons. The Kier molecular flexibility index (Phi) is 6.19. The maximum absolute atomic E-state index is 12.8. The number of nitro groups is 1. The van der Waals surface area contributed by atoms with Crippen molar-refractivity contribution >= 4 is 34.7 Å². The van der Waals surface area contributed by atoms with Crippen molar-refractivity contribution in [1.29, 1.82) is 0 Å². The van der Waals surface area contributed by atoms with Crippen LogP contribution in [0.15, 0.2) is 35.2 Å². The monoisotopic (exact) mass is 415 g/mol. The van der Waals surface area contributed by atoms with Crippen molar-refractivity contribution in [3.05, 3.63) is 67.9 Å². The first-order chi connectivity index (χ1) is 13.8. The molecule has 0 unspecified atom stereocenters. The molecule has 0 spiro atoms. The molecule has 29 heavy (non-hydrogen) atoms. The van der Waals surface area contributed by atoms with Gasteiger partial charge in [-0.3, -0.25) is 24.6 Å². The van der Waals surface area contributed by atoms with Crippen LogP contribution in [0.25, 0.3) is 6.08 Å². The highest BCUT2D eigenvalue weighted by molar-refractivity contribution is 8.18. The van der Waals surface area contributed by atoms with Crippen molar-refractivity contribution in [3.8, 4) is 0 Å². The van der Waals surface area contributed by atoms with Crippen LogP contribution >= 0.6 is 11.8 Å². The summed E-state index contributed by atoms with van der Waals surface area (Å²) in [4.78, 5) is 37.2. The fraction of sp³-hybridized carbons (Fsp3) is 0.300. The van der Waals surface area contributed by atoms with Crippen LogP contribution in [0.3, 0.4) is 0 Å². The molecule has 8 nitrogen and oxygen atoms in total. The molecule has 9 heteroatoms. The number of nitrogens with zero attached hydrogens (tertiary/aromatic N) is 3. The molecule has 0 N–H and O–H groups in total. The Morgan fingerprint density at radius 2 is 1.97 bits per heavy atom. The van der Waals surface area contributed by atoms with E-state index in [0.717, 1.165) is 33.6 Å². The highest BCUT2D eigenvalue weighted by Crippen LogP contribution is 2.35. The summed E-state index contributed by atoms with van der Waals surface area (Å²) in [7, 11) is 1.64. The zero-order chi connectivity index (χ0) is 21.1. The van der Waals surface area contributed by atoms with Crippen molar-refractivity contribution in [1.82, 2.24) is 9.47 Å². The average Bonchev–Trinajstić information content (AvgIpc) is 3.10. The van der Waals surface area contributed by atoms with Gasteiger partial charge in [0.15, 0.2) is 0 Å². The first kappa shape index (κ1) is 20.8. The van der Waals surface area contributed by atoms with Crippen LogP contribution in [-0.4, -0.2) is 39.3 Å². The number of nitro benzene ring substituents is 1. The number of ether oxygens (including phenoxy) is 1. The zero-order valence-corrected chi connectivity index (χ0v) is 17.2. The molecule has 0 atom stereocenters. The molecule has 1 aromatic heterocycles. The smallest absolute Gasteiger partial charge is 0.293 e. The van der Waals surface area contributed by atoms with Crippen LogP contribution in [0.2, 0.25) is 0 Å². The number of hydrogen-bond donors (Lipinski definition) is 0. The van der Waals surface area contributed by atoms with Crippen molar-refractivity contribution in [2.75, 3.05) is 13.7 Å². The van der Waals surface area contributed by atoms with E-state index in [1.54, 1.807) is 31.4 Å². The van der Waals surface area contributed by atoms with Crippen molar-refractivity contribution < 1.29 is 19.2 Å². The third-order valence-corrected chi connectivity index (χ3v) is 5.72. The first-order valence-corrected chi connectivity index (χ1v) is 9.78. The number of thioether (sulfide) groups is 1. The minimum Gasteiger partial charge on any atom is -0.383 e. The van der Waals surface area contributed by atoms with Gasteiger partial charge in [0, 0.05) is 36.7 Å². The Bertz CT molecular complexity index is 1010. The molecule has 1 aliphatic rings. The number of hydrogen-bond acceptors (Lipinski definition) is 6. The second-order valence-electron chi connectivity index (χ2n) is 6.62. The summed E-state index contributed by atoms with van der Waals surface area (Å²) in [5, 5.41) is 10.8. The molecule has 2 heterocycles. The summed E-state index contributed by atoms with van der Waals surface area (Å²) in [5.74, 6) is -0.445. The minimum absolute atomic E-state index is 0.114. The van der Waals surface area contributed by atoms with E-state index in [1.807, 2.05) is 19.9 Å². The van der Waals surface area contributed by atoms with E-state index in [1.165, 1.54) is 6.07 Å². The highest BCUT2D eigenvalue weighted by atomic mass is 32.2. The van der Waals surface area contributed by atoms with Crippen molar-refractivity contribution in [2.45, 2.75) is 26.9 Å². The molecule has 0 saturated carbocycles. The maximum atomic E-state index is 12.8. The minimum atomic E-state index is -0.515. The van der Waals surface area contributed by atoms with Crippen LogP contribution in [0, 0.1) is 24.0 Å². The molecule has 0 aliphatic carbocycles. The number of methoxy groups -OCH3 is 1. The van der Waals surface area contributed by atoms with Gasteiger partial charge in [0.2, 0.25) is 0 Å². The Morgan fingerprint density at radius 3 is 2.66 bits per heavy atom. The number of para-hydroxylation sites is 1. The van der Waals surface area contributed by atoms with Gasteiger partial charge in [-0.05, 0) is 43.3 Å². The number of aromatic nitrogens is 1. The van der Waals surface area contributed by atoms with E-state index < -0.39 is 16.1 Å². The van der Waals surface area contributed by atoms with Crippen LogP contribution in [0.5, 0.6) is 0 Å². The van der Waals surface area contributed by atoms with Crippen LogP contribution in [0.4, 0.5) is 10.5 Å². The lowest BCUT2D eigenvalue weighted by Gasteiger charge is -2.12. The number of amides is 2. The van der Waals surface area contributed by atoms with E-state index in [-0.39, 0.29) is 12.2 Å². The van der Waals surface area contributed by atoms with E-state index in [9.17, 15) is 19.7 Å². The second-order valence-corrected chi connectivity index (χ2v) is 7.62. The fourth-order valence-corrected chi connectivity index (χ4v) is 4.10. The molecule has 1 aromatic carbocycles. The Morgan fingerprint density at radius 1 is 1.24 bits per heavy atom. The lowest BCUT2D eigenvalue weighted by atomic mass is 10.1. The van der Waals surface area contributed by atoms with Gasteiger partial charge in [0.25, 0.3) is 16.8 Å². The van der Waals surface area contributed by atoms with E-state index in [2.05, 4.69) is 4.57 Å². The van der Waals surface area contributed by atoms with Gasteiger partial charge in [-0.25, -0.2) is 0 Å². The summed E-state index contributed by atoms with van der Waals surface area (Å²) in [5.41, 5.74) is 3.07. The molecule has 2 aromatic rings. The molecule has 2 amide bonds. The van der Waals surface area contributed by atoms with Gasteiger partial charge in [-0.15, -0.1) is 0 Å². The Balaban J connectivity index is 1.85. The number of imide groups is 1. The van der Waals surface area contributed by atoms with Gasteiger partial charge in [-0.1, -0.05) is 18.2 Å². The molecule has 0 radical (unpaired) electrons. The quantitative estimate of drug-likeness (QED) is 0.387. The number of benzene rings is 1. The third-order valence-electron chi connectivity index (χ3n) is 4.81. The molecule has 1 saturated heterocycles. The number of carbonyl (C=O) groups is 2. The average molecular weight is 415 g/mol. The summed E-state index contributed by atoms with van der Waals surface area (Å²) in [6, 6.07) is 8.06. The molecule has 1 fully saturated rings. The molecular formula is C20H21N3O5S. The SMILES string of the molecule is COCCn1c(C)cc(/C=C2\SC(=O)N(Cc3ccccc3[N+](=O)[O-])C2=O)c1C. The molecule has 0 bridgehead atoms. The normalized spacial score (nSPS) is 15.6. The molecule has 3 rings (SSSR count). The predicted molar refractivity (Wildman–Crippen MR) is 110 cm³/mol. The third kappa shape index (κ3) is 4.25. The largest absolute Gasteiger partial charge is 0.383 e. The summed E-state index contributed by atoms with van der Waals surface area (Å²) in [6.07, 6.45) is 1.70. The number of aryl methyl sites for hydroxylation is 1. The lowest BCUT2D eigenvalue weighted by Crippen LogP contribution is -2.27. The van der Waals surface area contributed by atoms with Crippen molar-refractivity contribution in [3.63, 3.8) is 0 Å². The number of rotatable bonds is 7. The van der Waals surface area contributed by atoms with E-state index in [0.29, 0.717) is 23.6 Å². The van der Waals surface area contributed by atoms with Gasteiger partial charge in [0.05, 0.1) is 23.0 Å².